The van der Waals surface area contributed by atoms with Gasteiger partial charge in [-0.15, -0.1) is 0 Å². The molecule has 98 valence electrons. The van der Waals surface area contributed by atoms with Gasteiger partial charge in [-0.25, -0.2) is 8.78 Å². The second-order valence-electron chi connectivity index (χ2n) is 3.41. The van der Waals surface area contributed by atoms with E-state index in [4.69, 9.17) is 0 Å². The molecule has 1 N–H and O–H groups in total. The Morgan fingerprint density at radius 3 is 2.44 bits per heavy atom. The first kappa shape index (κ1) is 14.1. The van der Waals surface area contributed by atoms with Gasteiger partial charge in [0.05, 0.1) is 13.0 Å². The number of nitrogens with one attached hydrogen (secondary N) is 1. The molecular formula is C12H13F2NO3. The van der Waals surface area contributed by atoms with Crippen molar-refractivity contribution >= 4 is 11.9 Å². The van der Waals surface area contributed by atoms with Gasteiger partial charge < -0.3 is 10.1 Å². The SMILES string of the molecule is CCOC(=O)CCNC(=O)c1c(F)cccc1F. The van der Waals surface area contributed by atoms with E-state index in [0.717, 1.165) is 12.1 Å². The number of hydrogen-bond donors (Lipinski definition) is 1. The quantitative estimate of drug-likeness (QED) is 0.816. The highest BCUT2D eigenvalue weighted by molar-refractivity contribution is 5.94. The Morgan fingerprint density at radius 1 is 1.28 bits per heavy atom. The maximum Gasteiger partial charge on any atom is 0.307 e. The lowest BCUT2D eigenvalue weighted by molar-refractivity contribution is -0.142. The molecule has 0 aliphatic heterocycles. The Bertz CT molecular complexity index is 429. The zero-order valence-electron chi connectivity index (χ0n) is 9.83. The van der Waals surface area contributed by atoms with E-state index in [9.17, 15) is 18.4 Å². The van der Waals surface area contributed by atoms with Crippen molar-refractivity contribution in [2.45, 2.75) is 13.3 Å². The van der Waals surface area contributed by atoms with E-state index >= 15 is 0 Å². The zero-order chi connectivity index (χ0) is 13.5. The first-order chi connectivity index (χ1) is 8.56. The Balaban J connectivity index is 2.53. The Kier molecular flexibility index (Phi) is 5.23. The number of benzene rings is 1. The van der Waals surface area contributed by atoms with Crippen LogP contribution in [-0.2, 0) is 9.53 Å². The highest BCUT2D eigenvalue weighted by atomic mass is 19.1. The summed E-state index contributed by atoms with van der Waals surface area (Å²) < 4.78 is 31.1. The molecule has 1 rings (SSSR count). The molecule has 1 aromatic carbocycles. The molecule has 0 aliphatic carbocycles. The molecular weight excluding hydrogens is 244 g/mol. The van der Waals surface area contributed by atoms with Gasteiger partial charge in [0.25, 0.3) is 5.91 Å². The molecule has 0 spiro atoms. The van der Waals surface area contributed by atoms with E-state index in [1.165, 1.54) is 6.07 Å². The minimum absolute atomic E-state index is 0.0363. The van der Waals surface area contributed by atoms with E-state index < -0.39 is 29.1 Å². The first-order valence-electron chi connectivity index (χ1n) is 5.44. The third kappa shape index (κ3) is 3.80. The van der Waals surface area contributed by atoms with E-state index in [2.05, 4.69) is 10.1 Å². The van der Waals surface area contributed by atoms with Gasteiger partial charge in [0, 0.05) is 6.54 Å². The lowest BCUT2D eigenvalue weighted by Gasteiger charge is -2.06. The lowest BCUT2D eigenvalue weighted by atomic mass is 10.2. The molecule has 1 aromatic rings. The van der Waals surface area contributed by atoms with Crippen LogP contribution < -0.4 is 5.32 Å². The molecule has 0 radical (unpaired) electrons. The van der Waals surface area contributed by atoms with Crippen molar-refractivity contribution in [2.75, 3.05) is 13.2 Å². The number of esters is 1. The number of carbonyl (C=O) groups is 2. The molecule has 0 atom stereocenters. The monoisotopic (exact) mass is 257 g/mol. The van der Waals surface area contributed by atoms with Gasteiger partial charge in [-0.2, -0.15) is 0 Å². The van der Waals surface area contributed by atoms with Crippen LogP contribution in [-0.4, -0.2) is 25.0 Å². The maximum atomic E-state index is 13.2. The molecule has 0 heterocycles. The maximum absolute atomic E-state index is 13.2. The minimum atomic E-state index is -0.941. The second-order valence-corrected chi connectivity index (χ2v) is 3.41. The molecule has 0 aromatic heterocycles. The molecule has 18 heavy (non-hydrogen) atoms. The van der Waals surface area contributed by atoms with E-state index in [0.29, 0.717) is 0 Å². The molecule has 1 amide bonds. The van der Waals surface area contributed by atoms with Crippen molar-refractivity contribution in [2.24, 2.45) is 0 Å². The largest absolute Gasteiger partial charge is 0.466 e. The van der Waals surface area contributed by atoms with Crippen molar-refractivity contribution < 1.29 is 23.1 Å². The summed E-state index contributed by atoms with van der Waals surface area (Å²) in [5.74, 6) is -3.26. The van der Waals surface area contributed by atoms with E-state index in [1.807, 2.05) is 0 Å². The Hall–Kier alpha value is -1.98. The van der Waals surface area contributed by atoms with Crippen LogP contribution >= 0.6 is 0 Å². The van der Waals surface area contributed by atoms with Crippen molar-refractivity contribution in [1.29, 1.82) is 0 Å². The molecule has 0 saturated heterocycles. The summed E-state index contributed by atoms with van der Waals surface area (Å²) in [6.45, 7) is 1.87. The average molecular weight is 257 g/mol. The Morgan fingerprint density at radius 2 is 1.89 bits per heavy atom. The fraction of sp³-hybridized carbons (Fsp3) is 0.333. The standard InChI is InChI=1S/C12H13F2NO3/c1-2-18-10(16)6-7-15-12(17)11-8(13)4-3-5-9(11)14/h3-5H,2,6-7H2,1H3,(H,15,17). The summed E-state index contributed by atoms with van der Waals surface area (Å²) in [5.41, 5.74) is -0.652. The molecule has 0 aliphatic rings. The summed E-state index contributed by atoms with van der Waals surface area (Å²) in [5, 5.41) is 2.25. The number of ether oxygens (including phenoxy) is 1. The van der Waals surface area contributed by atoms with Gasteiger partial charge in [0.2, 0.25) is 0 Å². The van der Waals surface area contributed by atoms with Crippen molar-refractivity contribution in [3.8, 4) is 0 Å². The number of amides is 1. The van der Waals surface area contributed by atoms with Gasteiger partial charge in [0.1, 0.15) is 17.2 Å². The predicted molar refractivity (Wildman–Crippen MR) is 59.9 cm³/mol. The fourth-order valence-electron chi connectivity index (χ4n) is 1.31. The number of carbonyl (C=O) groups excluding carboxylic acids is 2. The zero-order valence-corrected chi connectivity index (χ0v) is 9.83. The predicted octanol–water partition coefficient (Wildman–Crippen LogP) is 1.65. The second kappa shape index (κ2) is 6.68. The number of halogens is 2. The van der Waals surface area contributed by atoms with E-state index in [-0.39, 0.29) is 19.6 Å². The molecule has 6 heteroatoms. The summed E-state index contributed by atoms with van der Waals surface area (Å²) in [7, 11) is 0. The van der Waals surface area contributed by atoms with E-state index in [1.54, 1.807) is 6.92 Å². The highest BCUT2D eigenvalue weighted by Crippen LogP contribution is 2.11. The summed E-state index contributed by atoms with van der Waals surface area (Å²) in [6, 6.07) is 3.15. The summed E-state index contributed by atoms with van der Waals surface area (Å²) >= 11 is 0. The smallest absolute Gasteiger partial charge is 0.307 e. The van der Waals surface area contributed by atoms with Crippen molar-refractivity contribution in [1.82, 2.24) is 5.32 Å². The lowest BCUT2D eigenvalue weighted by Crippen LogP contribution is -2.28. The van der Waals surface area contributed by atoms with Crippen molar-refractivity contribution in [3.05, 3.63) is 35.4 Å². The third-order valence-corrected chi connectivity index (χ3v) is 2.11. The van der Waals surface area contributed by atoms with Gasteiger partial charge in [0.15, 0.2) is 0 Å². The van der Waals surface area contributed by atoms with Gasteiger partial charge in [-0.3, -0.25) is 9.59 Å². The van der Waals surface area contributed by atoms with Crippen LogP contribution in [0, 0.1) is 11.6 Å². The van der Waals surface area contributed by atoms with Gasteiger partial charge in [-0.1, -0.05) is 6.07 Å². The molecule has 0 unspecified atom stereocenters. The summed E-state index contributed by atoms with van der Waals surface area (Å²) in [6.07, 6.45) is -0.0460. The van der Waals surface area contributed by atoms with Crippen LogP contribution in [0.15, 0.2) is 18.2 Å². The molecule has 4 nitrogen and oxygen atoms in total. The van der Waals surface area contributed by atoms with Crippen LogP contribution in [0.5, 0.6) is 0 Å². The normalized spacial score (nSPS) is 9.94. The third-order valence-electron chi connectivity index (χ3n) is 2.11. The molecule has 0 saturated carbocycles. The summed E-state index contributed by atoms with van der Waals surface area (Å²) in [4.78, 5) is 22.5. The van der Waals surface area contributed by atoms with Crippen LogP contribution in [0.2, 0.25) is 0 Å². The van der Waals surface area contributed by atoms with Crippen LogP contribution in [0.25, 0.3) is 0 Å². The molecule has 0 fully saturated rings. The number of rotatable bonds is 5. The highest BCUT2D eigenvalue weighted by Gasteiger charge is 2.16. The topological polar surface area (TPSA) is 55.4 Å². The molecule has 0 bridgehead atoms. The van der Waals surface area contributed by atoms with Crippen LogP contribution in [0.4, 0.5) is 8.78 Å². The minimum Gasteiger partial charge on any atom is -0.466 e. The van der Waals surface area contributed by atoms with Crippen LogP contribution in [0.3, 0.4) is 0 Å². The van der Waals surface area contributed by atoms with Crippen molar-refractivity contribution in [3.63, 3.8) is 0 Å². The van der Waals surface area contributed by atoms with Gasteiger partial charge in [-0.05, 0) is 19.1 Å². The average Bonchev–Trinajstić information content (AvgIpc) is 2.29. The van der Waals surface area contributed by atoms with Gasteiger partial charge >= 0.3 is 5.97 Å². The van der Waals surface area contributed by atoms with Crippen LogP contribution in [0.1, 0.15) is 23.7 Å². The Labute approximate surface area is 103 Å². The fourth-order valence-corrected chi connectivity index (χ4v) is 1.31. The first-order valence-corrected chi connectivity index (χ1v) is 5.44. The number of hydrogen-bond acceptors (Lipinski definition) is 3.